The van der Waals surface area contributed by atoms with E-state index in [0.29, 0.717) is 20.2 Å². The lowest BCUT2D eigenvalue weighted by Gasteiger charge is -2.10. The third-order valence-corrected chi connectivity index (χ3v) is 3.63. The zero-order valence-electron chi connectivity index (χ0n) is 8.50. The molecule has 0 amide bonds. The monoisotopic (exact) mass is 257 g/mol. The van der Waals surface area contributed by atoms with Crippen LogP contribution in [0, 0.1) is 5.82 Å². The molecular formula is C11H9ClFNOS. The molecule has 16 heavy (non-hydrogen) atoms. The number of allylic oxidation sites excluding steroid dienone is 1. The predicted molar refractivity (Wildman–Crippen MR) is 64.9 cm³/mol. The summed E-state index contributed by atoms with van der Waals surface area (Å²) >= 11 is 7.01. The van der Waals surface area contributed by atoms with Crippen LogP contribution in [0.25, 0.3) is 10.2 Å². The maximum atomic E-state index is 13.5. The molecule has 2 rings (SSSR count). The molecule has 0 aliphatic heterocycles. The molecule has 0 aliphatic rings. The second-order valence-electron chi connectivity index (χ2n) is 3.46. The van der Waals surface area contributed by atoms with Crippen molar-refractivity contribution in [2.45, 2.75) is 12.8 Å². The molecule has 2 aromatic rings. The van der Waals surface area contributed by atoms with Gasteiger partial charge in [0.05, 0.1) is 10.2 Å². The topological polar surface area (TPSA) is 33.1 Å². The third kappa shape index (κ3) is 1.68. The Balaban J connectivity index is 2.85. The molecule has 1 heterocycles. The minimum Gasteiger partial charge on any atom is -0.505 e. The zero-order chi connectivity index (χ0) is 11.9. The average Bonchev–Trinajstić information content (AvgIpc) is 2.59. The molecule has 84 valence electrons. The molecule has 0 spiro atoms. The number of benzene rings is 1. The molecule has 0 bridgehead atoms. The van der Waals surface area contributed by atoms with Crippen molar-refractivity contribution < 1.29 is 9.50 Å². The first-order valence-electron chi connectivity index (χ1n) is 4.64. The summed E-state index contributed by atoms with van der Waals surface area (Å²) in [4.78, 5) is 3.99. The van der Waals surface area contributed by atoms with Gasteiger partial charge in [0.1, 0.15) is 0 Å². The van der Waals surface area contributed by atoms with E-state index in [1.807, 2.05) is 6.92 Å². The molecule has 0 saturated carbocycles. The van der Waals surface area contributed by atoms with Gasteiger partial charge in [-0.2, -0.15) is 0 Å². The van der Waals surface area contributed by atoms with Crippen LogP contribution in [0.2, 0.25) is 4.47 Å². The Kier molecular flexibility index (Phi) is 2.86. The number of fused-ring (bicyclic) bond motifs is 1. The Morgan fingerprint density at radius 3 is 3.00 bits per heavy atom. The number of nitrogens with zero attached hydrogens (tertiary/aromatic N) is 1. The molecule has 1 unspecified atom stereocenters. The minimum absolute atomic E-state index is 0.158. The average molecular weight is 258 g/mol. The Labute approximate surface area is 101 Å². The van der Waals surface area contributed by atoms with Gasteiger partial charge < -0.3 is 5.11 Å². The van der Waals surface area contributed by atoms with Crippen LogP contribution in [-0.4, -0.2) is 10.1 Å². The normalized spacial score (nSPS) is 12.9. The number of halogens is 2. The van der Waals surface area contributed by atoms with Crippen molar-refractivity contribution in [3.05, 3.63) is 34.6 Å². The van der Waals surface area contributed by atoms with Gasteiger partial charge in [-0.25, -0.2) is 9.37 Å². The first-order chi connectivity index (χ1) is 7.54. The fourth-order valence-electron chi connectivity index (χ4n) is 1.56. The Hall–Kier alpha value is -1.13. The molecule has 0 radical (unpaired) electrons. The number of aromatic nitrogens is 1. The minimum atomic E-state index is -0.682. The first kappa shape index (κ1) is 11.4. The van der Waals surface area contributed by atoms with Crippen molar-refractivity contribution >= 4 is 33.2 Å². The lowest BCUT2D eigenvalue weighted by atomic mass is 9.99. The van der Waals surface area contributed by atoms with Gasteiger partial charge in [-0.15, -0.1) is 17.9 Å². The van der Waals surface area contributed by atoms with Gasteiger partial charge in [0, 0.05) is 17.5 Å². The summed E-state index contributed by atoms with van der Waals surface area (Å²) in [5.74, 6) is -1.19. The van der Waals surface area contributed by atoms with Crippen LogP contribution >= 0.6 is 22.9 Å². The SMILES string of the molecule is C=CC(C)c1c(O)c(F)cc2nc(Cl)sc12. The molecule has 5 heteroatoms. The lowest BCUT2D eigenvalue weighted by molar-refractivity contribution is 0.426. The number of hydrogen-bond donors (Lipinski definition) is 1. The summed E-state index contributed by atoms with van der Waals surface area (Å²) < 4.78 is 14.5. The summed E-state index contributed by atoms with van der Waals surface area (Å²) in [7, 11) is 0. The quantitative estimate of drug-likeness (QED) is 0.822. The molecule has 0 fully saturated rings. The van der Waals surface area contributed by atoms with Gasteiger partial charge in [0.2, 0.25) is 0 Å². The van der Waals surface area contributed by atoms with Crippen molar-refractivity contribution in [2.75, 3.05) is 0 Å². The van der Waals surface area contributed by atoms with E-state index in [4.69, 9.17) is 11.6 Å². The third-order valence-electron chi connectivity index (χ3n) is 2.43. The highest BCUT2D eigenvalue weighted by atomic mass is 35.5. The molecule has 1 atom stereocenters. The number of thiazole rings is 1. The molecule has 1 aromatic heterocycles. The molecule has 0 aliphatic carbocycles. The highest BCUT2D eigenvalue weighted by molar-refractivity contribution is 7.22. The van der Waals surface area contributed by atoms with E-state index < -0.39 is 5.82 Å². The Morgan fingerprint density at radius 2 is 2.38 bits per heavy atom. The van der Waals surface area contributed by atoms with Crippen LogP contribution in [0.3, 0.4) is 0 Å². The van der Waals surface area contributed by atoms with Crippen LogP contribution in [0.1, 0.15) is 18.4 Å². The summed E-state index contributed by atoms with van der Waals surface area (Å²) in [6.45, 7) is 5.47. The van der Waals surface area contributed by atoms with Gasteiger partial charge in [0.25, 0.3) is 0 Å². The number of phenolic OH excluding ortho intramolecular Hbond substituents is 1. The smallest absolute Gasteiger partial charge is 0.184 e. The molecule has 0 saturated heterocycles. The van der Waals surface area contributed by atoms with Crippen LogP contribution in [0.15, 0.2) is 18.7 Å². The van der Waals surface area contributed by atoms with Crippen molar-refractivity contribution in [3.8, 4) is 5.75 Å². The van der Waals surface area contributed by atoms with Gasteiger partial charge in [0.15, 0.2) is 16.0 Å². The van der Waals surface area contributed by atoms with Crippen molar-refractivity contribution in [2.24, 2.45) is 0 Å². The second kappa shape index (κ2) is 4.03. The molecular weight excluding hydrogens is 249 g/mol. The van der Waals surface area contributed by atoms with E-state index in [0.717, 1.165) is 0 Å². The van der Waals surface area contributed by atoms with E-state index in [1.54, 1.807) is 6.08 Å². The van der Waals surface area contributed by atoms with Gasteiger partial charge in [-0.3, -0.25) is 0 Å². The predicted octanol–water partition coefficient (Wildman–Crippen LogP) is 4.08. The highest BCUT2D eigenvalue weighted by Gasteiger charge is 2.19. The van der Waals surface area contributed by atoms with E-state index in [1.165, 1.54) is 17.4 Å². The molecule has 1 N–H and O–H groups in total. The summed E-state index contributed by atoms with van der Waals surface area (Å²) in [5.41, 5.74) is 0.961. The Morgan fingerprint density at radius 1 is 1.69 bits per heavy atom. The van der Waals surface area contributed by atoms with Crippen LogP contribution in [-0.2, 0) is 0 Å². The summed E-state index contributed by atoms with van der Waals surface area (Å²) in [6, 6.07) is 1.19. The Bertz CT molecular complexity index is 567. The van der Waals surface area contributed by atoms with Crippen LogP contribution < -0.4 is 0 Å². The fourth-order valence-corrected chi connectivity index (χ4v) is 2.80. The molecule has 2 nitrogen and oxygen atoms in total. The first-order valence-corrected chi connectivity index (χ1v) is 5.84. The lowest BCUT2D eigenvalue weighted by Crippen LogP contribution is -1.93. The van der Waals surface area contributed by atoms with Gasteiger partial charge in [-0.1, -0.05) is 24.6 Å². The standard InChI is InChI=1S/C11H9ClFNOS/c1-3-5(2)8-9(15)6(13)4-7-10(8)16-11(12)14-7/h3-5,15H,1H2,2H3. The second-order valence-corrected chi connectivity index (χ2v) is 5.04. The van der Waals surface area contributed by atoms with E-state index in [2.05, 4.69) is 11.6 Å². The number of hydrogen-bond acceptors (Lipinski definition) is 3. The van der Waals surface area contributed by atoms with Crippen molar-refractivity contribution in [1.29, 1.82) is 0 Å². The maximum Gasteiger partial charge on any atom is 0.184 e. The van der Waals surface area contributed by atoms with E-state index >= 15 is 0 Å². The van der Waals surface area contributed by atoms with Crippen molar-refractivity contribution in [1.82, 2.24) is 4.98 Å². The highest BCUT2D eigenvalue weighted by Crippen LogP contribution is 2.39. The summed E-state index contributed by atoms with van der Waals surface area (Å²) in [5, 5.41) is 9.72. The van der Waals surface area contributed by atoms with Gasteiger partial charge in [-0.05, 0) is 0 Å². The number of aromatic hydroxyl groups is 1. The number of phenols is 1. The largest absolute Gasteiger partial charge is 0.505 e. The van der Waals surface area contributed by atoms with Crippen molar-refractivity contribution in [3.63, 3.8) is 0 Å². The summed E-state index contributed by atoms with van der Waals surface area (Å²) in [6.07, 6.45) is 1.64. The van der Waals surface area contributed by atoms with Crippen LogP contribution in [0.4, 0.5) is 4.39 Å². The van der Waals surface area contributed by atoms with E-state index in [-0.39, 0.29) is 11.7 Å². The molecule has 1 aromatic carbocycles. The number of rotatable bonds is 2. The van der Waals surface area contributed by atoms with E-state index in [9.17, 15) is 9.50 Å². The maximum absolute atomic E-state index is 13.5. The van der Waals surface area contributed by atoms with Crippen LogP contribution in [0.5, 0.6) is 5.75 Å². The zero-order valence-corrected chi connectivity index (χ0v) is 10.1. The fraction of sp³-hybridized carbons (Fsp3) is 0.182. The van der Waals surface area contributed by atoms with Gasteiger partial charge >= 0.3 is 0 Å².